The predicted octanol–water partition coefficient (Wildman–Crippen LogP) is 22.6. The fraction of sp³-hybridized carbons (Fsp3) is 0. The molecule has 16 rings (SSSR count). The van der Waals surface area contributed by atoms with Crippen molar-refractivity contribution in [2.24, 2.45) is 0 Å². The van der Waals surface area contributed by atoms with E-state index in [0.29, 0.717) is 0 Å². The van der Waals surface area contributed by atoms with Crippen LogP contribution in [0.5, 0.6) is 0 Å². The highest BCUT2D eigenvalue weighted by molar-refractivity contribution is 6.25. The summed E-state index contributed by atoms with van der Waals surface area (Å²) in [7, 11) is 0. The number of fused-ring (bicyclic) bond motifs is 8. The molecular weight excluding hydrogens is 961 g/mol. The molecule has 0 spiro atoms. The first-order valence-electron chi connectivity index (χ1n) is 27.7. The Balaban J connectivity index is 0.000000138. The third-order valence-corrected chi connectivity index (χ3v) is 16.5. The van der Waals surface area contributed by atoms with Gasteiger partial charge in [-0.05, 0) is 177 Å². The molecule has 372 valence electrons. The Morgan fingerprint density at radius 3 is 0.863 bits per heavy atom. The molecule has 80 heavy (non-hydrogen) atoms. The van der Waals surface area contributed by atoms with Gasteiger partial charge in [0.1, 0.15) is 0 Å². The molecule has 0 aliphatic rings. The van der Waals surface area contributed by atoms with Gasteiger partial charge in [-0.25, -0.2) is 0 Å². The van der Waals surface area contributed by atoms with Crippen LogP contribution in [0, 0.1) is 0 Å². The summed E-state index contributed by atoms with van der Waals surface area (Å²) in [4.78, 5) is 0. The van der Waals surface area contributed by atoms with Crippen molar-refractivity contribution in [1.82, 2.24) is 0 Å². The maximum absolute atomic E-state index is 2.38. The Hall–Kier alpha value is -10.4. The van der Waals surface area contributed by atoms with Gasteiger partial charge in [-0.2, -0.15) is 0 Å². The second-order valence-electron chi connectivity index (χ2n) is 21.0. The number of benzene rings is 16. The Kier molecular flexibility index (Phi) is 11.6. The second-order valence-corrected chi connectivity index (χ2v) is 21.0. The van der Waals surface area contributed by atoms with Crippen LogP contribution in [0.1, 0.15) is 0 Å². The van der Waals surface area contributed by atoms with Gasteiger partial charge in [0.05, 0.1) is 0 Å². The number of rotatable bonds is 6. The van der Waals surface area contributed by atoms with Crippen LogP contribution < -0.4 is 0 Å². The van der Waals surface area contributed by atoms with E-state index in [4.69, 9.17) is 0 Å². The average molecular weight is 1010 g/mol. The second kappa shape index (κ2) is 19.9. The molecule has 0 bridgehead atoms. The third kappa shape index (κ3) is 8.17. The maximum Gasteiger partial charge on any atom is -0.00201 e. The lowest BCUT2D eigenvalue weighted by atomic mass is 9.84. The summed E-state index contributed by atoms with van der Waals surface area (Å²) in [6.07, 6.45) is 0. The molecule has 0 saturated heterocycles. The van der Waals surface area contributed by atoms with E-state index in [-0.39, 0.29) is 0 Å². The SMILES string of the molecule is c1ccc(-c2c3ccccc3c(-c3cccc4cc(-c5ccc6ccccc6c5)ccc34)c3ccccc23)cc1.c1ccc(-c2c3ccccc3c(-c3cccc4ccc(-c5ccc6ccccc6c5)cc34)c3ccccc23)cc1. The van der Waals surface area contributed by atoms with Crippen LogP contribution in [-0.2, 0) is 0 Å². The summed E-state index contributed by atoms with van der Waals surface area (Å²) in [6.45, 7) is 0. The highest BCUT2D eigenvalue weighted by Crippen LogP contribution is 2.48. The normalized spacial score (nSPS) is 11.5. The van der Waals surface area contributed by atoms with Crippen molar-refractivity contribution < 1.29 is 0 Å². The van der Waals surface area contributed by atoms with Crippen molar-refractivity contribution in [3.05, 3.63) is 315 Å². The van der Waals surface area contributed by atoms with Crippen LogP contribution in [0.4, 0.5) is 0 Å². The van der Waals surface area contributed by atoms with Gasteiger partial charge in [-0.15, -0.1) is 0 Å². The van der Waals surface area contributed by atoms with Crippen LogP contribution in [0.25, 0.3) is 153 Å². The summed E-state index contributed by atoms with van der Waals surface area (Å²) < 4.78 is 0. The molecule has 16 aromatic carbocycles. The third-order valence-electron chi connectivity index (χ3n) is 16.5. The molecule has 0 fully saturated rings. The first-order chi connectivity index (χ1) is 39.7. The van der Waals surface area contributed by atoms with Crippen LogP contribution in [0.3, 0.4) is 0 Å². The van der Waals surface area contributed by atoms with Gasteiger partial charge >= 0.3 is 0 Å². The fourth-order valence-electron chi connectivity index (χ4n) is 12.8. The Morgan fingerprint density at radius 1 is 0.125 bits per heavy atom. The molecule has 0 aliphatic carbocycles. The zero-order chi connectivity index (χ0) is 52.9. The van der Waals surface area contributed by atoms with E-state index >= 15 is 0 Å². The largest absolute Gasteiger partial charge is 0.0622 e. The molecule has 0 heterocycles. The zero-order valence-corrected chi connectivity index (χ0v) is 44.0. The van der Waals surface area contributed by atoms with Gasteiger partial charge in [-0.3, -0.25) is 0 Å². The maximum atomic E-state index is 2.38. The molecule has 0 aromatic heterocycles. The Bertz CT molecular complexity index is 4930. The predicted molar refractivity (Wildman–Crippen MR) is 346 cm³/mol. The minimum absolute atomic E-state index is 1.24. The van der Waals surface area contributed by atoms with Crippen molar-refractivity contribution >= 4 is 86.2 Å². The van der Waals surface area contributed by atoms with Crippen LogP contribution in [0.15, 0.2) is 315 Å². The van der Waals surface area contributed by atoms with Crippen LogP contribution >= 0.6 is 0 Å². The summed E-state index contributed by atoms with van der Waals surface area (Å²) >= 11 is 0. The molecule has 0 unspecified atom stereocenters. The van der Waals surface area contributed by atoms with E-state index < -0.39 is 0 Å². The van der Waals surface area contributed by atoms with E-state index in [1.165, 1.54) is 153 Å². The quantitative estimate of drug-likeness (QED) is 0.146. The first-order valence-corrected chi connectivity index (χ1v) is 27.7. The van der Waals surface area contributed by atoms with Gasteiger partial charge in [0.2, 0.25) is 0 Å². The minimum atomic E-state index is 1.24. The highest BCUT2D eigenvalue weighted by atomic mass is 14.2. The molecule has 0 aliphatic heterocycles. The van der Waals surface area contributed by atoms with Gasteiger partial charge in [0.15, 0.2) is 0 Å². The number of hydrogen-bond donors (Lipinski definition) is 0. The highest BCUT2D eigenvalue weighted by Gasteiger charge is 2.20. The Morgan fingerprint density at radius 2 is 0.425 bits per heavy atom. The van der Waals surface area contributed by atoms with E-state index in [1.807, 2.05) is 0 Å². The summed E-state index contributed by atoms with van der Waals surface area (Å²) in [5.41, 5.74) is 15.2. The average Bonchev–Trinajstić information content (AvgIpc) is 3.58. The van der Waals surface area contributed by atoms with Gasteiger partial charge in [0.25, 0.3) is 0 Å². The zero-order valence-electron chi connectivity index (χ0n) is 44.0. The van der Waals surface area contributed by atoms with E-state index in [0.717, 1.165) is 0 Å². The van der Waals surface area contributed by atoms with Crippen LogP contribution in [-0.4, -0.2) is 0 Å². The van der Waals surface area contributed by atoms with Crippen molar-refractivity contribution in [3.63, 3.8) is 0 Å². The lowest BCUT2D eigenvalue weighted by Gasteiger charge is -2.19. The summed E-state index contributed by atoms with van der Waals surface area (Å²) in [6, 6.07) is 115. The molecule has 16 aromatic rings. The van der Waals surface area contributed by atoms with Gasteiger partial charge in [0, 0.05) is 0 Å². The van der Waals surface area contributed by atoms with Crippen molar-refractivity contribution in [3.8, 4) is 66.8 Å². The van der Waals surface area contributed by atoms with Gasteiger partial charge < -0.3 is 0 Å². The van der Waals surface area contributed by atoms with E-state index in [9.17, 15) is 0 Å². The first kappa shape index (κ1) is 46.9. The summed E-state index contributed by atoms with van der Waals surface area (Å²) in [5, 5.41) is 20.4. The lowest BCUT2D eigenvalue weighted by Crippen LogP contribution is -1.91. The number of hydrogen-bond acceptors (Lipinski definition) is 0. The van der Waals surface area contributed by atoms with Crippen LogP contribution in [0.2, 0.25) is 0 Å². The minimum Gasteiger partial charge on any atom is -0.0622 e. The topological polar surface area (TPSA) is 0 Å². The standard InChI is InChI=1S/2C40H26/c1-2-12-29(13-3-1)39-33-16-6-8-18-35(33)40(36-19-9-7-17-34(36)39)37-20-10-15-28-22-24-32(26-38(28)37)31-23-21-27-11-4-5-14-30(27)25-31;1-2-12-28(13-3-1)39-35-16-6-8-18-37(35)40(38-19-9-7-17-36(38)39)34-20-10-15-32-26-31(23-24-33(32)34)30-22-21-27-11-4-5-14-29(27)25-30/h2*1-26H. The fourth-order valence-corrected chi connectivity index (χ4v) is 12.8. The van der Waals surface area contributed by atoms with E-state index in [2.05, 4.69) is 315 Å². The molecule has 0 amide bonds. The molecule has 0 atom stereocenters. The lowest BCUT2D eigenvalue weighted by molar-refractivity contribution is 1.65. The van der Waals surface area contributed by atoms with E-state index in [1.54, 1.807) is 0 Å². The molecule has 0 N–H and O–H groups in total. The van der Waals surface area contributed by atoms with Crippen molar-refractivity contribution in [2.45, 2.75) is 0 Å². The molecule has 0 heteroatoms. The molecule has 0 saturated carbocycles. The smallest absolute Gasteiger partial charge is 0.00201 e. The molecule has 0 radical (unpaired) electrons. The summed E-state index contributed by atoms with van der Waals surface area (Å²) in [5.74, 6) is 0. The molecular formula is C80H52. The van der Waals surface area contributed by atoms with Crippen molar-refractivity contribution in [1.29, 1.82) is 0 Å². The van der Waals surface area contributed by atoms with Gasteiger partial charge in [-0.1, -0.05) is 291 Å². The van der Waals surface area contributed by atoms with Crippen molar-refractivity contribution in [2.75, 3.05) is 0 Å². The Labute approximate surface area is 465 Å². The molecule has 0 nitrogen and oxygen atoms in total. The monoisotopic (exact) mass is 1010 g/mol.